The summed E-state index contributed by atoms with van der Waals surface area (Å²) in [5.74, 6) is 0. The highest BCUT2D eigenvalue weighted by molar-refractivity contribution is 4.83. The van der Waals surface area contributed by atoms with Crippen LogP contribution in [0.15, 0.2) is 0 Å². The van der Waals surface area contributed by atoms with Gasteiger partial charge in [-0.05, 0) is 32.9 Å². The van der Waals surface area contributed by atoms with E-state index in [2.05, 4.69) is 22.6 Å². The molecule has 0 bridgehead atoms. The minimum absolute atomic E-state index is 0.750. The van der Waals surface area contributed by atoms with E-state index in [1.54, 1.807) is 0 Å². The van der Waals surface area contributed by atoms with Crippen molar-refractivity contribution in [2.75, 3.05) is 33.2 Å². The molecule has 2 aliphatic rings. The zero-order chi connectivity index (χ0) is 9.10. The Bertz CT molecular complexity index is 156. The van der Waals surface area contributed by atoms with Crippen LogP contribution in [0.4, 0.5) is 0 Å². The van der Waals surface area contributed by atoms with Gasteiger partial charge in [0.2, 0.25) is 0 Å². The zero-order valence-corrected chi connectivity index (χ0v) is 8.55. The van der Waals surface area contributed by atoms with E-state index >= 15 is 0 Å². The van der Waals surface area contributed by atoms with Crippen molar-refractivity contribution in [1.82, 2.24) is 15.5 Å². The van der Waals surface area contributed by atoms with Gasteiger partial charge in [-0.1, -0.05) is 0 Å². The highest BCUT2D eigenvalue weighted by atomic mass is 15.2. The molecule has 0 aromatic heterocycles. The molecule has 1 aliphatic carbocycles. The summed E-state index contributed by atoms with van der Waals surface area (Å²) in [6.07, 6.45) is 4.09. The van der Waals surface area contributed by atoms with Crippen molar-refractivity contribution in [2.24, 2.45) is 0 Å². The van der Waals surface area contributed by atoms with Crippen LogP contribution in [0.1, 0.15) is 19.3 Å². The molecule has 2 rings (SSSR count). The third-order valence-corrected chi connectivity index (χ3v) is 3.13. The standard InChI is InChI=1S/C10H21N3/c1-13-7-6-11-8-10(13)4-5-12-9-2-3-9/h9-12H,2-8H2,1H3. The van der Waals surface area contributed by atoms with Gasteiger partial charge in [0.25, 0.3) is 0 Å². The van der Waals surface area contributed by atoms with E-state index in [0.717, 1.165) is 18.6 Å². The lowest BCUT2D eigenvalue weighted by molar-refractivity contribution is 0.189. The maximum atomic E-state index is 3.57. The number of hydrogen-bond donors (Lipinski definition) is 2. The predicted molar refractivity (Wildman–Crippen MR) is 54.9 cm³/mol. The first-order chi connectivity index (χ1) is 6.36. The van der Waals surface area contributed by atoms with Crippen molar-refractivity contribution in [3.8, 4) is 0 Å². The molecule has 1 saturated heterocycles. The maximum Gasteiger partial charge on any atom is 0.0230 e. The van der Waals surface area contributed by atoms with Crippen molar-refractivity contribution in [3.63, 3.8) is 0 Å². The van der Waals surface area contributed by atoms with E-state index in [1.165, 1.54) is 38.9 Å². The van der Waals surface area contributed by atoms with Crippen LogP contribution in [0, 0.1) is 0 Å². The van der Waals surface area contributed by atoms with Crippen LogP contribution < -0.4 is 10.6 Å². The van der Waals surface area contributed by atoms with E-state index < -0.39 is 0 Å². The van der Waals surface area contributed by atoms with E-state index in [0.29, 0.717) is 0 Å². The summed E-state index contributed by atoms with van der Waals surface area (Å²) < 4.78 is 0. The molecule has 1 aliphatic heterocycles. The van der Waals surface area contributed by atoms with Gasteiger partial charge in [0.1, 0.15) is 0 Å². The minimum Gasteiger partial charge on any atom is -0.314 e. The molecule has 0 spiro atoms. The Morgan fingerprint density at radius 1 is 1.46 bits per heavy atom. The number of nitrogens with zero attached hydrogens (tertiary/aromatic N) is 1. The fourth-order valence-corrected chi connectivity index (χ4v) is 1.93. The molecule has 0 radical (unpaired) electrons. The number of hydrogen-bond acceptors (Lipinski definition) is 3. The molecular weight excluding hydrogens is 162 g/mol. The second kappa shape index (κ2) is 4.40. The zero-order valence-electron chi connectivity index (χ0n) is 8.55. The van der Waals surface area contributed by atoms with Crippen molar-refractivity contribution in [2.45, 2.75) is 31.3 Å². The molecule has 1 heterocycles. The highest BCUT2D eigenvalue weighted by Gasteiger charge is 2.22. The number of rotatable bonds is 4. The molecule has 3 heteroatoms. The maximum absolute atomic E-state index is 3.57. The summed E-state index contributed by atoms with van der Waals surface area (Å²) >= 11 is 0. The Hall–Kier alpha value is -0.120. The van der Waals surface area contributed by atoms with Gasteiger partial charge in [0.15, 0.2) is 0 Å². The third kappa shape index (κ3) is 2.93. The van der Waals surface area contributed by atoms with Crippen molar-refractivity contribution >= 4 is 0 Å². The Balaban J connectivity index is 1.60. The van der Waals surface area contributed by atoms with Crippen molar-refractivity contribution in [1.29, 1.82) is 0 Å². The summed E-state index contributed by atoms with van der Waals surface area (Å²) in [6, 6.07) is 1.61. The van der Waals surface area contributed by atoms with Gasteiger partial charge in [-0.3, -0.25) is 0 Å². The smallest absolute Gasteiger partial charge is 0.0230 e. The first-order valence-corrected chi connectivity index (χ1v) is 5.50. The van der Waals surface area contributed by atoms with Crippen LogP contribution in [0.3, 0.4) is 0 Å². The number of piperazine rings is 1. The lowest BCUT2D eigenvalue weighted by Crippen LogP contribution is -2.50. The first kappa shape index (κ1) is 9.44. The third-order valence-electron chi connectivity index (χ3n) is 3.13. The average molecular weight is 183 g/mol. The second-order valence-corrected chi connectivity index (χ2v) is 4.36. The van der Waals surface area contributed by atoms with Crippen molar-refractivity contribution < 1.29 is 0 Å². The molecule has 1 saturated carbocycles. The topological polar surface area (TPSA) is 27.3 Å². The normalized spacial score (nSPS) is 30.7. The van der Waals surface area contributed by atoms with Crippen molar-refractivity contribution in [3.05, 3.63) is 0 Å². The van der Waals surface area contributed by atoms with E-state index in [-0.39, 0.29) is 0 Å². The average Bonchev–Trinajstić information content (AvgIpc) is 2.92. The molecule has 1 atom stereocenters. The first-order valence-electron chi connectivity index (χ1n) is 5.50. The van der Waals surface area contributed by atoms with Gasteiger partial charge >= 0.3 is 0 Å². The molecule has 76 valence electrons. The lowest BCUT2D eigenvalue weighted by atomic mass is 10.1. The quantitative estimate of drug-likeness (QED) is 0.644. The van der Waals surface area contributed by atoms with Gasteiger partial charge in [-0.2, -0.15) is 0 Å². The van der Waals surface area contributed by atoms with Crippen LogP contribution in [0.2, 0.25) is 0 Å². The molecule has 13 heavy (non-hydrogen) atoms. The molecule has 0 aromatic carbocycles. The molecule has 2 fully saturated rings. The van der Waals surface area contributed by atoms with Gasteiger partial charge in [0, 0.05) is 31.7 Å². The summed E-state index contributed by atoms with van der Waals surface area (Å²) in [4.78, 5) is 2.48. The molecule has 0 aromatic rings. The van der Waals surface area contributed by atoms with Gasteiger partial charge in [0.05, 0.1) is 0 Å². The molecule has 3 nitrogen and oxygen atoms in total. The SMILES string of the molecule is CN1CCNCC1CCNC1CC1. The molecule has 1 unspecified atom stereocenters. The summed E-state index contributed by atoms with van der Waals surface area (Å²) in [6.45, 7) is 4.72. The fourth-order valence-electron chi connectivity index (χ4n) is 1.93. The van der Waals surface area contributed by atoms with Crippen LogP contribution in [-0.2, 0) is 0 Å². The Morgan fingerprint density at radius 3 is 3.00 bits per heavy atom. The Labute approximate surface area is 80.9 Å². The van der Waals surface area contributed by atoms with E-state index in [9.17, 15) is 0 Å². The molecule has 2 N–H and O–H groups in total. The number of nitrogens with one attached hydrogen (secondary N) is 2. The van der Waals surface area contributed by atoms with Gasteiger partial charge in [-0.25, -0.2) is 0 Å². The van der Waals surface area contributed by atoms with Crippen LogP contribution in [0.25, 0.3) is 0 Å². The Morgan fingerprint density at radius 2 is 2.31 bits per heavy atom. The largest absolute Gasteiger partial charge is 0.314 e. The monoisotopic (exact) mass is 183 g/mol. The summed E-state index contributed by atoms with van der Waals surface area (Å²) in [7, 11) is 2.24. The summed E-state index contributed by atoms with van der Waals surface area (Å²) in [5.41, 5.74) is 0. The molecule has 0 amide bonds. The Kier molecular flexibility index (Phi) is 3.19. The fraction of sp³-hybridized carbons (Fsp3) is 1.00. The lowest BCUT2D eigenvalue weighted by Gasteiger charge is -2.33. The summed E-state index contributed by atoms with van der Waals surface area (Å²) in [5, 5.41) is 7.02. The minimum atomic E-state index is 0.750. The predicted octanol–water partition coefficient (Wildman–Crippen LogP) is 0.0321. The van der Waals surface area contributed by atoms with Crippen LogP contribution in [-0.4, -0.2) is 50.2 Å². The molecular formula is C10H21N3. The van der Waals surface area contributed by atoms with Crippen LogP contribution in [0.5, 0.6) is 0 Å². The second-order valence-electron chi connectivity index (χ2n) is 4.36. The van der Waals surface area contributed by atoms with E-state index in [1.807, 2.05) is 0 Å². The van der Waals surface area contributed by atoms with Crippen LogP contribution >= 0.6 is 0 Å². The van der Waals surface area contributed by atoms with Gasteiger partial charge < -0.3 is 15.5 Å². The van der Waals surface area contributed by atoms with Gasteiger partial charge in [-0.15, -0.1) is 0 Å². The van der Waals surface area contributed by atoms with E-state index in [4.69, 9.17) is 0 Å². The highest BCUT2D eigenvalue weighted by Crippen LogP contribution is 2.18. The number of likely N-dealkylation sites (N-methyl/N-ethyl adjacent to an activating group) is 1.